The Morgan fingerprint density at radius 2 is 1.91 bits per heavy atom. The number of hydrogen-bond donors (Lipinski definition) is 1. The zero-order valence-corrected chi connectivity index (χ0v) is 18.8. The summed E-state index contributed by atoms with van der Waals surface area (Å²) >= 11 is 5.99. The lowest BCUT2D eigenvalue weighted by Gasteiger charge is -2.11. The fourth-order valence-corrected chi connectivity index (χ4v) is 3.89. The Balaban J connectivity index is 1.38. The maximum Gasteiger partial charge on any atom is 0.251 e. The lowest BCUT2D eigenvalue weighted by Crippen LogP contribution is -2.26. The minimum Gasteiger partial charge on any atom is -0.494 e. The molecule has 4 aromatic rings. The van der Waals surface area contributed by atoms with Crippen molar-refractivity contribution < 1.29 is 9.53 Å². The van der Waals surface area contributed by atoms with Crippen LogP contribution >= 0.6 is 11.6 Å². The fraction of sp³-hybridized carbons (Fsp3) is 0.231. The highest BCUT2D eigenvalue weighted by Gasteiger charge is 2.12. The first-order valence-electron chi connectivity index (χ1n) is 10.8. The van der Waals surface area contributed by atoms with E-state index >= 15 is 0 Å². The second-order valence-corrected chi connectivity index (χ2v) is 8.14. The van der Waals surface area contributed by atoms with E-state index in [4.69, 9.17) is 21.3 Å². The van der Waals surface area contributed by atoms with Crippen LogP contribution in [-0.2, 0) is 13.0 Å². The van der Waals surface area contributed by atoms with E-state index in [2.05, 4.69) is 28.9 Å². The number of aromatic nitrogens is 2. The molecular weight excluding hydrogens is 422 g/mol. The summed E-state index contributed by atoms with van der Waals surface area (Å²) in [7, 11) is 0. The Morgan fingerprint density at radius 3 is 2.75 bits per heavy atom. The van der Waals surface area contributed by atoms with Crippen molar-refractivity contribution in [3.05, 3.63) is 94.8 Å². The molecule has 0 aliphatic heterocycles. The molecule has 6 heteroatoms. The molecule has 0 saturated carbocycles. The molecule has 0 bridgehead atoms. The number of imidazole rings is 1. The van der Waals surface area contributed by atoms with E-state index in [0.29, 0.717) is 30.2 Å². The number of nitrogens with zero attached hydrogens (tertiary/aromatic N) is 2. The molecule has 1 heterocycles. The number of aryl methyl sites for hydroxylation is 2. The molecule has 4 rings (SSSR count). The molecule has 1 N–H and O–H groups in total. The molecule has 0 atom stereocenters. The second kappa shape index (κ2) is 10.3. The molecule has 0 unspecified atom stereocenters. The number of carbonyl (C=O) groups excluding carboxylic acids is 1. The maximum absolute atomic E-state index is 12.4. The molecule has 1 aromatic heterocycles. The normalized spacial score (nSPS) is 10.9. The summed E-state index contributed by atoms with van der Waals surface area (Å²) in [4.78, 5) is 17.2. The molecular formula is C26H26ClN3O2. The average molecular weight is 448 g/mol. The van der Waals surface area contributed by atoms with Crippen molar-refractivity contribution in [3.8, 4) is 5.75 Å². The molecule has 5 nitrogen and oxygen atoms in total. The molecule has 0 fully saturated rings. The summed E-state index contributed by atoms with van der Waals surface area (Å²) in [6.45, 7) is 3.97. The van der Waals surface area contributed by atoms with Crippen molar-refractivity contribution in [1.82, 2.24) is 14.9 Å². The highest BCUT2D eigenvalue weighted by atomic mass is 35.5. The quantitative estimate of drug-likeness (QED) is 0.347. The van der Waals surface area contributed by atoms with E-state index in [9.17, 15) is 4.79 Å². The van der Waals surface area contributed by atoms with Gasteiger partial charge in [-0.3, -0.25) is 4.79 Å². The van der Waals surface area contributed by atoms with Gasteiger partial charge in [0.1, 0.15) is 11.6 Å². The van der Waals surface area contributed by atoms with Gasteiger partial charge in [-0.1, -0.05) is 41.9 Å². The number of halogens is 1. The van der Waals surface area contributed by atoms with Crippen LogP contribution in [0.1, 0.15) is 28.2 Å². The molecule has 1 amide bonds. The summed E-state index contributed by atoms with van der Waals surface area (Å²) in [5, 5.41) is 3.51. The van der Waals surface area contributed by atoms with Crippen molar-refractivity contribution >= 4 is 28.5 Å². The van der Waals surface area contributed by atoms with Gasteiger partial charge >= 0.3 is 0 Å². The molecule has 0 spiro atoms. The van der Waals surface area contributed by atoms with Crippen LogP contribution in [0.2, 0.25) is 5.02 Å². The number of hydrogen-bond acceptors (Lipinski definition) is 3. The predicted octanol–water partition coefficient (Wildman–Crippen LogP) is 5.44. The number of nitrogens with one attached hydrogen (secondary N) is 1. The average Bonchev–Trinajstić information content (AvgIpc) is 3.14. The van der Waals surface area contributed by atoms with E-state index in [1.54, 1.807) is 24.3 Å². The number of para-hydroxylation sites is 2. The smallest absolute Gasteiger partial charge is 0.251 e. The van der Waals surface area contributed by atoms with Gasteiger partial charge in [-0.2, -0.15) is 0 Å². The molecule has 0 aliphatic carbocycles. The van der Waals surface area contributed by atoms with Crippen LogP contribution in [0, 0.1) is 6.92 Å². The van der Waals surface area contributed by atoms with E-state index < -0.39 is 0 Å². The Hall–Kier alpha value is -3.31. The first kappa shape index (κ1) is 21.9. The summed E-state index contributed by atoms with van der Waals surface area (Å²) in [5.74, 6) is 1.71. The van der Waals surface area contributed by atoms with Crippen molar-refractivity contribution in [2.24, 2.45) is 0 Å². The van der Waals surface area contributed by atoms with E-state index in [0.717, 1.165) is 35.6 Å². The number of carbonyl (C=O) groups is 1. The lowest BCUT2D eigenvalue weighted by atomic mass is 10.2. The van der Waals surface area contributed by atoms with Gasteiger partial charge in [-0.25, -0.2) is 4.98 Å². The first-order chi connectivity index (χ1) is 15.6. The third-order valence-corrected chi connectivity index (χ3v) is 5.47. The van der Waals surface area contributed by atoms with Crippen molar-refractivity contribution in [1.29, 1.82) is 0 Å². The minimum atomic E-state index is -0.137. The van der Waals surface area contributed by atoms with Crippen LogP contribution in [0.4, 0.5) is 0 Å². The summed E-state index contributed by atoms with van der Waals surface area (Å²) in [5.41, 5.74) is 3.80. The number of amides is 1. The van der Waals surface area contributed by atoms with Crippen LogP contribution in [-0.4, -0.2) is 28.6 Å². The molecule has 0 saturated heterocycles. The molecule has 32 heavy (non-hydrogen) atoms. The maximum atomic E-state index is 12.4. The Kier molecular flexibility index (Phi) is 7.07. The van der Waals surface area contributed by atoms with Gasteiger partial charge in [0, 0.05) is 30.1 Å². The predicted molar refractivity (Wildman–Crippen MR) is 129 cm³/mol. The highest BCUT2D eigenvalue weighted by molar-refractivity contribution is 6.30. The largest absolute Gasteiger partial charge is 0.494 e. The molecule has 0 aliphatic rings. The molecule has 0 radical (unpaired) electrons. The van der Waals surface area contributed by atoms with Gasteiger partial charge in [-0.05, 0) is 61.4 Å². The van der Waals surface area contributed by atoms with E-state index in [1.807, 2.05) is 36.4 Å². The Labute approximate surface area is 193 Å². The number of fused-ring (bicyclic) bond motifs is 1. The summed E-state index contributed by atoms with van der Waals surface area (Å²) in [6.07, 6.45) is 1.50. The van der Waals surface area contributed by atoms with Crippen LogP contribution < -0.4 is 10.1 Å². The molecule has 164 valence electrons. The van der Waals surface area contributed by atoms with Gasteiger partial charge in [0.2, 0.25) is 0 Å². The number of rotatable bonds is 9. The Morgan fingerprint density at radius 1 is 1.06 bits per heavy atom. The van der Waals surface area contributed by atoms with E-state index in [-0.39, 0.29) is 5.91 Å². The number of ether oxygens (including phenoxy) is 1. The monoisotopic (exact) mass is 447 g/mol. The summed E-state index contributed by atoms with van der Waals surface area (Å²) < 4.78 is 8.13. The third kappa shape index (κ3) is 5.48. The van der Waals surface area contributed by atoms with Gasteiger partial charge in [0.15, 0.2) is 0 Å². The van der Waals surface area contributed by atoms with Gasteiger partial charge < -0.3 is 14.6 Å². The van der Waals surface area contributed by atoms with Crippen LogP contribution in [0.5, 0.6) is 5.75 Å². The van der Waals surface area contributed by atoms with Crippen LogP contribution in [0.15, 0.2) is 72.8 Å². The van der Waals surface area contributed by atoms with Gasteiger partial charge in [0.25, 0.3) is 5.91 Å². The zero-order valence-electron chi connectivity index (χ0n) is 18.1. The van der Waals surface area contributed by atoms with E-state index in [1.165, 1.54) is 5.56 Å². The zero-order chi connectivity index (χ0) is 22.3. The van der Waals surface area contributed by atoms with Gasteiger partial charge in [-0.15, -0.1) is 0 Å². The fourth-order valence-electron chi connectivity index (χ4n) is 3.70. The topological polar surface area (TPSA) is 56.1 Å². The minimum absolute atomic E-state index is 0.137. The second-order valence-electron chi connectivity index (χ2n) is 7.70. The van der Waals surface area contributed by atoms with Crippen LogP contribution in [0.25, 0.3) is 11.0 Å². The van der Waals surface area contributed by atoms with Crippen molar-refractivity contribution in [2.75, 3.05) is 13.2 Å². The standard InChI is InChI=1S/C26H26ClN3O2/c1-19-7-4-10-22(17-19)32-16-6-15-30-24-12-3-2-11-23(24)29-25(30)13-14-28-26(31)20-8-5-9-21(27)18-20/h2-5,7-12,17-18H,6,13-16H2,1H3,(H,28,31). The Bertz CT molecular complexity index is 1220. The lowest BCUT2D eigenvalue weighted by molar-refractivity contribution is 0.0954. The first-order valence-corrected chi connectivity index (χ1v) is 11.2. The van der Waals surface area contributed by atoms with Crippen molar-refractivity contribution in [2.45, 2.75) is 26.3 Å². The SMILES string of the molecule is Cc1cccc(OCCCn2c(CCNC(=O)c3cccc(Cl)c3)nc3ccccc32)c1. The summed E-state index contributed by atoms with van der Waals surface area (Å²) in [6, 6.07) is 23.1. The number of benzene rings is 3. The van der Waals surface area contributed by atoms with Crippen molar-refractivity contribution in [3.63, 3.8) is 0 Å². The molecule has 3 aromatic carbocycles. The highest BCUT2D eigenvalue weighted by Crippen LogP contribution is 2.18. The van der Waals surface area contributed by atoms with Crippen LogP contribution in [0.3, 0.4) is 0 Å². The van der Waals surface area contributed by atoms with Gasteiger partial charge in [0.05, 0.1) is 17.6 Å². The third-order valence-electron chi connectivity index (χ3n) is 5.24.